The summed E-state index contributed by atoms with van der Waals surface area (Å²) in [7, 11) is 0. The molecular weight excluding hydrogens is 418 g/mol. The fourth-order valence-corrected chi connectivity index (χ4v) is 6.23. The highest BCUT2D eigenvalue weighted by Gasteiger charge is 2.17. The monoisotopic (exact) mass is 443 g/mol. The van der Waals surface area contributed by atoms with E-state index in [2.05, 4.69) is 100 Å². The van der Waals surface area contributed by atoms with Crippen molar-refractivity contribution in [3.05, 3.63) is 101 Å². The Kier molecular flexibility index (Phi) is 4.60. The third kappa shape index (κ3) is 3.09. The summed E-state index contributed by atoms with van der Waals surface area (Å²) >= 11 is 1.74. The predicted molar refractivity (Wildman–Crippen MR) is 144 cm³/mol. The maximum absolute atomic E-state index is 4.80. The number of hydrogen-bond donors (Lipinski definition) is 0. The molecule has 5 aromatic carbocycles. The molecule has 0 saturated carbocycles. The Labute approximate surface area is 198 Å². The van der Waals surface area contributed by atoms with Crippen LogP contribution in [0.4, 0.5) is 0 Å². The molecule has 6 aromatic rings. The summed E-state index contributed by atoms with van der Waals surface area (Å²) in [5.74, 6) is 0. The van der Waals surface area contributed by atoms with Crippen LogP contribution < -0.4 is 0 Å². The molecule has 0 fully saturated rings. The fraction of sp³-hybridized carbons (Fsp3) is 0.129. The number of fused-ring (bicyclic) bond motifs is 6. The molecule has 160 valence electrons. The summed E-state index contributed by atoms with van der Waals surface area (Å²) in [6, 6.07) is 27.0. The quantitative estimate of drug-likeness (QED) is 0.243. The first-order valence-electron chi connectivity index (χ1n) is 11.4. The van der Waals surface area contributed by atoms with Crippen LogP contribution in [-0.4, -0.2) is 4.98 Å². The molecule has 1 heterocycles. The van der Waals surface area contributed by atoms with Gasteiger partial charge in [0.15, 0.2) is 0 Å². The van der Waals surface area contributed by atoms with Gasteiger partial charge in [-0.25, -0.2) is 4.98 Å². The van der Waals surface area contributed by atoms with Crippen LogP contribution in [0.2, 0.25) is 0 Å². The van der Waals surface area contributed by atoms with E-state index >= 15 is 0 Å². The first-order chi connectivity index (χ1) is 16.0. The molecule has 33 heavy (non-hydrogen) atoms. The third-order valence-electron chi connectivity index (χ3n) is 6.86. The van der Waals surface area contributed by atoms with Gasteiger partial charge in [0.05, 0.1) is 15.7 Å². The maximum atomic E-state index is 4.80. The Hall–Kier alpha value is -3.49. The zero-order valence-electron chi connectivity index (χ0n) is 19.4. The molecule has 0 saturated heterocycles. The predicted octanol–water partition coefficient (Wildman–Crippen LogP) is 9.17. The Bertz CT molecular complexity index is 1680. The number of aryl methyl sites for hydroxylation is 4. The zero-order chi connectivity index (χ0) is 22.7. The van der Waals surface area contributed by atoms with Crippen molar-refractivity contribution >= 4 is 43.1 Å². The number of nitrogens with zero attached hydrogens (tertiary/aromatic N) is 1. The lowest BCUT2D eigenvalue weighted by molar-refractivity contribution is 1.38. The van der Waals surface area contributed by atoms with Crippen molar-refractivity contribution in [1.29, 1.82) is 0 Å². The van der Waals surface area contributed by atoms with E-state index in [1.54, 1.807) is 11.3 Å². The average molecular weight is 444 g/mol. The van der Waals surface area contributed by atoms with Gasteiger partial charge in [0.1, 0.15) is 0 Å². The molecule has 0 spiro atoms. The third-order valence-corrected chi connectivity index (χ3v) is 7.72. The van der Waals surface area contributed by atoms with Crippen LogP contribution >= 0.6 is 11.3 Å². The first kappa shape index (κ1) is 20.1. The number of rotatable bonds is 2. The van der Waals surface area contributed by atoms with Gasteiger partial charge in [0, 0.05) is 10.8 Å². The molecule has 0 aliphatic rings. The highest BCUT2D eigenvalue weighted by Crippen LogP contribution is 2.43. The molecule has 0 aliphatic carbocycles. The summed E-state index contributed by atoms with van der Waals surface area (Å²) in [6.07, 6.45) is 0. The molecule has 0 amide bonds. The van der Waals surface area contributed by atoms with Gasteiger partial charge in [0.25, 0.3) is 0 Å². The van der Waals surface area contributed by atoms with E-state index in [0.29, 0.717) is 0 Å². The standard InChI is InChI=1S/C31H25NS/c1-18-11-13-23(21(4)15-18)24-9-6-10-26-29(24)27-16-22(28-19(2)7-5-8-20(28)3)12-14-25(27)31-30(26)32-17-33-31/h5-17H,1-4H3. The average Bonchev–Trinajstić information content (AvgIpc) is 3.29. The van der Waals surface area contributed by atoms with Gasteiger partial charge in [-0.2, -0.15) is 0 Å². The van der Waals surface area contributed by atoms with Crippen LogP contribution in [0, 0.1) is 27.7 Å². The first-order valence-corrected chi connectivity index (χ1v) is 12.3. The lowest BCUT2D eigenvalue weighted by Gasteiger charge is -2.16. The van der Waals surface area contributed by atoms with E-state index in [9.17, 15) is 0 Å². The van der Waals surface area contributed by atoms with Crippen molar-refractivity contribution in [1.82, 2.24) is 4.98 Å². The number of benzene rings is 5. The van der Waals surface area contributed by atoms with Crippen molar-refractivity contribution < 1.29 is 0 Å². The van der Waals surface area contributed by atoms with Crippen LogP contribution in [0.1, 0.15) is 22.3 Å². The molecular formula is C31H25NS. The molecule has 1 nitrogen and oxygen atoms in total. The minimum absolute atomic E-state index is 1.11. The molecule has 0 atom stereocenters. The van der Waals surface area contributed by atoms with Gasteiger partial charge in [-0.05, 0) is 83.5 Å². The van der Waals surface area contributed by atoms with Crippen LogP contribution in [0.5, 0.6) is 0 Å². The van der Waals surface area contributed by atoms with Gasteiger partial charge >= 0.3 is 0 Å². The van der Waals surface area contributed by atoms with Crippen molar-refractivity contribution in [3.63, 3.8) is 0 Å². The van der Waals surface area contributed by atoms with Crippen molar-refractivity contribution in [3.8, 4) is 22.3 Å². The molecule has 1 aromatic heterocycles. The van der Waals surface area contributed by atoms with E-state index in [0.717, 1.165) is 5.52 Å². The Balaban J connectivity index is 1.79. The Morgan fingerprint density at radius 3 is 2.21 bits per heavy atom. The Morgan fingerprint density at radius 1 is 0.636 bits per heavy atom. The van der Waals surface area contributed by atoms with Gasteiger partial charge in [-0.1, -0.05) is 72.3 Å². The molecule has 0 N–H and O–H groups in total. The van der Waals surface area contributed by atoms with Crippen LogP contribution in [0.25, 0.3) is 54.0 Å². The van der Waals surface area contributed by atoms with Crippen LogP contribution in [0.15, 0.2) is 78.3 Å². The lowest BCUT2D eigenvalue weighted by Crippen LogP contribution is -1.91. The summed E-state index contributed by atoms with van der Waals surface area (Å²) in [4.78, 5) is 4.80. The molecule has 6 rings (SSSR count). The van der Waals surface area contributed by atoms with E-state index in [4.69, 9.17) is 4.98 Å². The summed E-state index contributed by atoms with van der Waals surface area (Å²) in [5.41, 5.74) is 13.5. The smallest absolute Gasteiger partial charge is 0.0897 e. The van der Waals surface area contributed by atoms with Crippen molar-refractivity contribution in [2.24, 2.45) is 0 Å². The van der Waals surface area contributed by atoms with E-state index < -0.39 is 0 Å². The SMILES string of the molecule is Cc1ccc(-c2cccc3c4ncsc4c4ccc(-c5c(C)cccc5C)cc4c23)c(C)c1. The lowest BCUT2D eigenvalue weighted by atomic mass is 9.88. The van der Waals surface area contributed by atoms with Crippen LogP contribution in [-0.2, 0) is 0 Å². The molecule has 0 bridgehead atoms. The second-order valence-corrected chi connectivity index (χ2v) is 9.96. The summed E-state index contributed by atoms with van der Waals surface area (Å²) in [6.45, 7) is 8.79. The number of hydrogen-bond acceptors (Lipinski definition) is 2. The molecule has 0 unspecified atom stereocenters. The van der Waals surface area contributed by atoms with Gasteiger partial charge in [0.2, 0.25) is 0 Å². The minimum atomic E-state index is 1.11. The van der Waals surface area contributed by atoms with E-state index in [-0.39, 0.29) is 0 Å². The summed E-state index contributed by atoms with van der Waals surface area (Å²) < 4.78 is 1.27. The van der Waals surface area contributed by atoms with Crippen LogP contribution in [0.3, 0.4) is 0 Å². The second-order valence-electron chi connectivity index (χ2n) is 9.10. The second kappa shape index (κ2) is 7.54. The highest BCUT2D eigenvalue weighted by molar-refractivity contribution is 7.18. The van der Waals surface area contributed by atoms with E-state index in [1.807, 2.05) is 5.51 Å². The molecule has 2 heteroatoms. The van der Waals surface area contributed by atoms with Gasteiger partial charge < -0.3 is 0 Å². The maximum Gasteiger partial charge on any atom is 0.0897 e. The van der Waals surface area contributed by atoms with E-state index in [1.165, 1.54) is 70.8 Å². The highest BCUT2D eigenvalue weighted by atomic mass is 32.1. The minimum Gasteiger partial charge on any atom is -0.244 e. The van der Waals surface area contributed by atoms with Crippen molar-refractivity contribution in [2.75, 3.05) is 0 Å². The molecule has 0 aliphatic heterocycles. The Morgan fingerprint density at radius 2 is 1.42 bits per heavy atom. The van der Waals surface area contributed by atoms with Crippen molar-refractivity contribution in [2.45, 2.75) is 27.7 Å². The fourth-order valence-electron chi connectivity index (χ4n) is 5.38. The van der Waals surface area contributed by atoms with Gasteiger partial charge in [-0.15, -0.1) is 11.3 Å². The summed E-state index contributed by atoms with van der Waals surface area (Å²) in [5, 5.41) is 5.12. The topological polar surface area (TPSA) is 12.9 Å². The largest absolute Gasteiger partial charge is 0.244 e. The number of aromatic nitrogens is 1. The normalized spacial score (nSPS) is 11.6. The molecule has 0 radical (unpaired) electrons. The van der Waals surface area contributed by atoms with Gasteiger partial charge in [-0.3, -0.25) is 0 Å². The zero-order valence-corrected chi connectivity index (χ0v) is 20.2. The number of thiazole rings is 1.